The van der Waals surface area contributed by atoms with E-state index in [1.807, 2.05) is 0 Å². The summed E-state index contributed by atoms with van der Waals surface area (Å²) in [6.45, 7) is -0.0566. The molecule has 1 aliphatic carbocycles. The minimum absolute atomic E-state index is 0.0394. The lowest BCUT2D eigenvalue weighted by Crippen LogP contribution is -2.23. The number of carbonyl (C=O) groups excluding carboxylic acids is 1. The zero-order chi connectivity index (χ0) is 8.72. The van der Waals surface area contributed by atoms with E-state index in [4.69, 9.17) is 9.84 Å². The molecule has 1 saturated heterocycles. The van der Waals surface area contributed by atoms with Crippen LogP contribution >= 0.6 is 0 Å². The second-order valence-corrected chi connectivity index (χ2v) is 3.55. The molecule has 3 unspecified atom stereocenters. The highest BCUT2D eigenvalue weighted by Gasteiger charge is 2.49. The molecule has 4 nitrogen and oxygen atoms in total. The van der Waals surface area contributed by atoms with Gasteiger partial charge in [0.1, 0.15) is 6.10 Å². The van der Waals surface area contributed by atoms with Crippen LogP contribution in [0.3, 0.4) is 0 Å². The molecule has 2 rings (SSSR count). The van der Waals surface area contributed by atoms with Gasteiger partial charge in [-0.15, -0.1) is 0 Å². The molecule has 2 fully saturated rings. The molecule has 0 bridgehead atoms. The highest BCUT2D eigenvalue weighted by Crippen LogP contribution is 2.40. The van der Waals surface area contributed by atoms with E-state index in [2.05, 4.69) is 0 Å². The van der Waals surface area contributed by atoms with E-state index < -0.39 is 6.10 Å². The van der Waals surface area contributed by atoms with Crippen LogP contribution in [0.5, 0.6) is 0 Å². The Hall–Kier alpha value is -0.610. The van der Waals surface area contributed by atoms with Gasteiger partial charge in [0.25, 0.3) is 0 Å². The highest BCUT2D eigenvalue weighted by atomic mass is 16.6. The maximum atomic E-state index is 10.8. The zero-order valence-corrected chi connectivity index (χ0v) is 6.64. The molecule has 0 aromatic carbocycles. The van der Waals surface area contributed by atoms with Crippen molar-refractivity contribution in [1.82, 2.24) is 0 Å². The maximum Gasteiger partial charge on any atom is 0.306 e. The summed E-state index contributed by atoms with van der Waals surface area (Å²) in [5, 5.41) is 18.4. The van der Waals surface area contributed by atoms with Crippen molar-refractivity contribution in [1.29, 1.82) is 0 Å². The van der Waals surface area contributed by atoms with E-state index in [0.717, 1.165) is 0 Å². The summed E-state index contributed by atoms with van der Waals surface area (Å²) in [5.74, 6) is -0.325. The van der Waals surface area contributed by atoms with Crippen molar-refractivity contribution < 1.29 is 19.7 Å². The van der Waals surface area contributed by atoms with Gasteiger partial charge in [0, 0.05) is 24.9 Å². The first-order valence-corrected chi connectivity index (χ1v) is 4.20. The van der Waals surface area contributed by atoms with Crippen molar-refractivity contribution in [3.8, 4) is 0 Å². The molecule has 0 amide bonds. The third kappa shape index (κ3) is 1.03. The van der Waals surface area contributed by atoms with Crippen LogP contribution in [0.2, 0.25) is 0 Å². The number of hydrogen-bond acceptors (Lipinski definition) is 4. The number of rotatable bonds is 1. The number of hydrogen-bond donors (Lipinski definition) is 2. The second-order valence-electron chi connectivity index (χ2n) is 3.55. The van der Waals surface area contributed by atoms with Gasteiger partial charge < -0.3 is 14.9 Å². The van der Waals surface area contributed by atoms with Gasteiger partial charge in [-0.2, -0.15) is 0 Å². The van der Waals surface area contributed by atoms with Crippen molar-refractivity contribution in [2.75, 3.05) is 6.61 Å². The number of aliphatic hydroxyl groups is 2. The monoisotopic (exact) mass is 172 g/mol. The first-order valence-electron chi connectivity index (χ1n) is 4.20. The first-order chi connectivity index (χ1) is 5.72. The molecular weight excluding hydrogens is 160 g/mol. The van der Waals surface area contributed by atoms with Crippen molar-refractivity contribution in [2.24, 2.45) is 11.8 Å². The molecule has 4 atom stereocenters. The Morgan fingerprint density at radius 1 is 1.58 bits per heavy atom. The molecule has 2 N–H and O–H groups in total. The summed E-state index contributed by atoms with van der Waals surface area (Å²) in [4.78, 5) is 10.8. The largest absolute Gasteiger partial charge is 0.462 e. The molecule has 0 aromatic heterocycles. The molecule has 1 aliphatic heterocycles. The molecule has 0 radical (unpaired) electrons. The van der Waals surface area contributed by atoms with E-state index in [0.29, 0.717) is 12.8 Å². The van der Waals surface area contributed by atoms with Crippen LogP contribution < -0.4 is 0 Å². The summed E-state index contributed by atoms with van der Waals surface area (Å²) in [5.41, 5.74) is 0. The molecular formula is C8H12O4. The highest BCUT2D eigenvalue weighted by molar-refractivity contribution is 5.72. The minimum atomic E-state index is -0.502. The van der Waals surface area contributed by atoms with E-state index in [9.17, 15) is 9.90 Å². The summed E-state index contributed by atoms with van der Waals surface area (Å²) in [7, 11) is 0. The van der Waals surface area contributed by atoms with Crippen molar-refractivity contribution in [2.45, 2.75) is 25.0 Å². The average Bonchev–Trinajstić information content (AvgIpc) is 2.43. The van der Waals surface area contributed by atoms with E-state index in [1.54, 1.807) is 0 Å². The molecule has 12 heavy (non-hydrogen) atoms. The Labute approximate surface area is 70.1 Å². The van der Waals surface area contributed by atoms with Crippen molar-refractivity contribution in [3.63, 3.8) is 0 Å². The van der Waals surface area contributed by atoms with Crippen LogP contribution in [0.15, 0.2) is 0 Å². The van der Waals surface area contributed by atoms with Gasteiger partial charge in [-0.25, -0.2) is 0 Å². The number of ether oxygens (including phenoxy) is 1. The predicted octanol–water partition coefficient (Wildman–Crippen LogP) is -0.709. The Morgan fingerprint density at radius 2 is 2.33 bits per heavy atom. The van der Waals surface area contributed by atoms with E-state index in [1.165, 1.54) is 0 Å². The summed E-state index contributed by atoms with van der Waals surface area (Å²) in [6, 6.07) is 0. The molecule has 1 saturated carbocycles. The lowest BCUT2D eigenvalue weighted by atomic mass is 9.93. The lowest BCUT2D eigenvalue weighted by molar-refractivity contribution is -0.141. The van der Waals surface area contributed by atoms with Crippen LogP contribution in [-0.4, -0.2) is 35.0 Å². The molecule has 1 heterocycles. The fourth-order valence-electron chi connectivity index (χ4n) is 2.23. The van der Waals surface area contributed by atoms with E-state index >= 15 is 0 Å². The van der Waals surface area contributed by atoms with Gasteiger partial charge >= 0.3 is 5.97 Å². The van der Waals surface area contributed by atoms with Gasteiger partial charge in [-0.1, -0.05) is 0 Å². The van der Waals surface area contributed by atoms with Crippen LogP contribution in [-0.2, 0) is 9.53 Å². The van der Waals surface area contributed by atoms with Gasteiger partial charge in [-0.05, 0) is 0 Å². The van der Waals surface area contributed by atoms with Gasteiger partial charge in [0.15, 0.2) is 0 Å². The SMILES string of the molecule is O=C1C[C@@H]2C(CC(O)C2CO)O1. The number of carbonyl (C=O) groups is 1. The standard InChI is InChI=1S/C8H12O4/c9-3-5-4-1-8(11)12-7(4)2-6(5)10/h4-7,9-10H,1-3H2/t4-,5?,6?,7?/m0/s1. The molecule has 0 aromatic rings. The Bertz CT molecular complexity index is 203. The van der Waals surface area contributed by atoms with Crippen molar-refractivity contribution in [3.05, 3.63) is 0 Å². The van der Waals surface area contributed by atoms with Crippen LogP contribution in [0.25, 0.3) is 0 Å². The van der Waals surface area contributed by atoms with Gasteiger partial charge in [0.05, 0.1) is 12.5 Å². The summed E-state index contributed by atoms with van der Waals surface area (Å²) < 4.78 is 4.98. The smallest absolute Gasteiger partial charge is 0.306 e. The fraction of sp³-hybridized carbons (Fsp3) is 0.875. The van der Waals surface area contributed by atoms with Gasteiger partial charge in [0.2, 0.25) is 0 Å². The van der Waals surface area contributed by atoms with Crippen LogP contribution in [0, 0.1) is 11.8 Å². The molecule has 4 heteroatoms. The third-order valence-corrected chi connectivity index (χ3v) is 2.89. The van der Waals surface area contributed by atoms with Crippen LogP contribution in [0.1, 0.15) is 12.8 Å². The molecule has 0 spiro atoms. The average molecular weight is 172 g/mol. The van der Waals surface area contributed by atoms with Crippen LogP contribution in [0.4, 0.5) is 0 Å². The molecule has 2 aliphatic rings. The fourth-order valence-corrected chi connectivity index (χ4v) is 2.23. The number of fused-ring (bicyclic) bond motifs is 1. The summed E-state index contributed by atoms with van der Waals surface area (Å²) in [6.07, 6.45) is 0.192. The quantitative estimate of drug-likeness (QED) is 0.513. The molecule has 68 valence electrons. The second kappa shape index (κ2) is 2.71. The Kier molecular flexibility index (Phi) is 1.81. The number of aliphatic hydroxyl groups excluding tert-OH is 2. The first kappa shape index (κ1) is 8.01. The predicted molar refractivity (Wildman–Crippen MR) is 39.2 cm³/mol. The minimum Gasteiger partial charge on any atom is -0.462 e. The van der Waals surface area contributed by atoms with E-state index in [-0.39, 0.29) is 30.5 Å². The topological polar surface area (TPSA) is 66.8 Å². The van der Waals surface area contributed by atoms with Gasteiger partial charge in [-0.3, -0.25) is 4.79 Å². The normalized spacial score (nSPS) is 46.0. The van der Waals surface area contributed by atoms with Crippen molar-refractivity contribution >= 4 is 5.97 Å². The lowest BCUT2D eigenvalue weighted by Gasteiger charge is -2.14. The Morgan fingerprint density at radius 3 is 3.00 bits per heavy atom. The maximum absolute atomic E-state index is 10.8. The number of esters is 1. The Balaban J connectivity index is 2.11. The summed E-state index contributed by atoms with van der Waals surface area (Å²) >= 11 is 0. The third-order valence-electron chi connectivity index (χ3n) is 2.89. The zero-order valence-electron chi connectivity index (χ0n) is 6.64.